The highest BCUT2D eigenvalue weighted by Gasteiger charge is 2.24. The molecule has 0 amide bonds. The molecule has 0 spiro atoms. The maximum absolute atomic E-state index is 13.2. The number of halogens is 2. The SMILES string of the molecule is Fc1ccc(CN2CCC(CNC3CC3)CC2)cc1Br. The molecule has 2 nitrogen and oxygen atoms in total. The largest absolute Gasteiger partial charge is 0.314 e. The van der Waals surface area contributed by atoms with Crippen molar-refractivity contribution in [3.05, 3.63) is 34.1 Å². The van der Waals surface area contributed by atoms with Crippen molar-refractivity contribution >= 4 is 15.9 Å². The van der Waals surface area contributed by atoms with Crippen molar-refractivity contribution in [2.45, 2.75) is 38.3 Å². The number of nitrogens with zero attached hydrogens (tertiary/aromatic N) is 1. The van der Waals surface area contributed by atoms with Crippen molar-refractivity contribution in [3.8, 4) is 0 Å². The Hall–Kier alpha value is -0.450. The van der Waals surface area contributed by atoms with Gasteiger partial charge in [-0.3, -0.25) is 4.90 Å². The molecule has 4 heteroatoms. The second-order valence-electron chi connectivity index (χ2n) is 6.15. The van der Waals surface area contributed by atoms with Crippen molar-refractivity contribution in [3.63, 3.8) is 0 Å². The van der Waals surface area contributed by atoms with Crippen LogP contribution in [-0.4, -0.2) is 30.6 Å². The van der Waals surface area contributed by atoms with Crippen LogP contribution in [-0.2, 0) is 6.54 Å². The molecule has 0 radical (unpaired) electrons. The van der Waals surface area contributed by atoms with Gasteiger partial charge in [0, 0.05) is 12.6 Å². The number of hydrogen-bond acceptors (Lipinski definition) is 2. The van der Waals surface area contributed by atoms with Gasteiger partial charge in [0.1, 0.15) is 5.82 Å². The molecular formula is C16H22BrFN2. The van der Waals surface area contributed by atoms with Crippen LogP contribution in [0.15, 0.2) is 22.7 Å². The lowest BCUT2D eigenvalue weighted by Crippen LogP contribution is -2.37. The zero-order valence-electron chi connectivity index (χ0n) is 11.7. The van der Waals surface area contributed by atoms with Crippen molar-refractivity contribution in [2.75, 3.05) is 19.6 Å². The van der Waals surface area contributed by atoms with Crippen LogP contribution in [0.25, 0.3) is 0 Å². The minimum Gasteiger partial charge on any atom is -0.314 e. The predicted octanol–water partition coefficient (Wildman–Crippen LogP) is 3.55. The Morgan fingerprint density at radius 3 is 2.60 bits per heavy atom. The van der Waals surface area contributed by atoms with Crippen LogP contribution >= 0.6 is 15.9 Å². The monoisotopic (exact) mass is 340 g/mol. The molecule has 1 aliphatic carbocycles. The molecule has 2 aliphatic rings. The van der Waals surface area contributed by atoms with Gasteiger partial charge >= 0.3 is 0 Å². The molecule has 0 unspecified atom stereocenters. The quantitative estimate of drug-likeness (QED) is 0.881. The first-order chi connectivity index (χ1) is 9.70. The third-order valence-electron chi connectivity index (χ3n) is 4.37. The zero-order valence-corrected chi connectivity index (χ0v) is 13.3. The molecule has 0 aromatic heterocycles. The van der Waals surface area contributed by atoms with Crippen LogP contribution in [0.3, 0.4) is 0 Å². The van der Waals surface area contributed by atoms with Gasteiger partial charge in [-0.05, 0) is 84.9 Å². The summed E-state index contributed by atoms with van der Waals surface area (Å²) in [6.45, 7) is 4.44. The van der Waals surface area contributed by atoms with E-state index >= 15 is 0 Å². The van der Waals surface area contributed by atoms with Crippen molar-refractivity contribution in [2.24, 2.45) is 5.92 Å². The minimum absolute atomic E-state index is 0.182. The van der Waals surface area contributed by atoms with Gasteiger partial charge in [0.05, 0.1) is 4.47 Å². The van der Waals surface area contributed by atoms with Gasteiger partial charge in [0.2, 0.25) is 0 Å². The van der Waals surface area contributed by atoms with Gasteiger partial charge in [0.15, 0.2) is 0 Å². The van der Waals surface area contributed by atoms with Crippen LogP contribution in [0.1, 0.15) is 31.2 Å². The smallest absolute Gasteiger partial charge is 0.137 e. The first kappa shape index (κ1) is 14.5. The third-order valence-corrected chi connectivity index (χ3v) is 4.98. The fourth-order valence-electron chi connectivity index (χ4n) is 2.87. The summed E-state index contributed by atoms with van der Waals surface area (Å²) in [5.41, 5.74) is 1.19. The molecule has 110 valence electrons. The van der Waals surface area contributed by atoms with E-state index in [1.165, 1.54) is 37.8 Å². The fraction of sp³-hybridized carbons (Fsp3) is 0.625. The third kappa shape index (κ3) is 4.03. The molecule has 2 fully saturated rings. The van der Waals surface area contributed by atoms with Gasteiger partial charge in [-0.2, -0.15) is 0 Å². The van der Waals surface area contributed by atoms with Crippen molar-refractivity contribution < 1.29 is 4.39 Å². The Balaban J connectivity index is 1.44. The number of hydrogen-bond donors (Lipinski definition) is 1. The molecule has 0 atom stereocenters. The Labute approximate surface area is 128 Å². The van der Waals surface area contributed by atoms with E-state index in [0.717, 1.165) is 31.6 Å². The highest BCUT2D eigenvalue weighted by Crippen LogP contribution is 2.23. The number of rotatable bonds is 5. The van der Waals surface area contributed by atoms with Gasteiger partial charge in [-0.25, -0.2) is 4.39 Å². The van der Waals surface area contributed by atoms with Gasteiger partial charge < -0.3 is 5.32 Å². The molecule has 1 saturated carbocycles. The summed E-state index contributed by atoms with van der Waals surface area (Å²) in [4.78, 5) is 2.48. The number of benzene rings is 1. The van der Waals surface area contributed by atoms with E-state index in [0.29, 0.717) is 4.47 Å². The van der Waals surface area contributed by atoms with Gasteiger partial charge in [-0.1, -0.05) is 6.07 Å². The standard InChI is InChI=1S/C16H22BrFN2/c17-15-9-13(1-4-16(15)18)11-20-7-5-12(6-8-20)10-19-14-2-3-14/h1,4,9,12,14,19H,2-3,5-8,10-11H2. The van der Waals surface area contributed by atoms with E-state index in [1.54, 1.807) is 6.07 Å². The fourth-order valence-corrected chi connectivity index (χ4v) is 3.29. The summed E-state index contributed by atoms with van der Waals surface area (Å²) in [5.74, 6) is 0.658. The summed E-state index contributed by atoms with van der Waals surface area (Å²) in [6, 6.07) is 6.16. The summed E-state index contributed by atoms with van der Waals surface area (Å²) in [7, 11) is 0. The van der Waals surface area contributed by atoms with Crippen LogP contribution < -0.4 is 5.32 Å². The normalized spacial score (nSPS) is 21.3. The summed E-state index contributed by atoms with van der Waals surface area (Å²) >= 11 is 3.26. The lowest BCUT2D eigenvalue weighted by Gasteiger charge is -2.32. The molecular weight excluding hydrogens is 319 g/mol. The summed E-state index contributed by atoms with van der Waals surface area (Å²) < 4.78 is 13.8. The second kappa shape index (κ2) is 6.54. The van der Waals surface area contributed by atoms with E-state index in [9.17, 15) is 4.39 Å². The lowest BCUT2D eigenvalue weighted by molar-refractivity contribution is 0.175. The summed E-state index contributed by atoms with van der Waals surface area (Å²) in [5, 5.41) is 3.64. The van der Waals surface area contributed by atoms with Crippen molar-refractivity contribution in [1.29, 1.82) is 0 Å². The highest BCUT2D eigenvalue weighted by atomic mass is 79.9. The predicted molar refractivity (Wildman–Crippen MR) is 83.1 cm³/mol. The number of piperidine rings is 1. The molecule has 1 saturated heterocycles. The van der Waals surface area contributed by atoms with E-state index < -0.39 is 0 Å². The Kier molecular flexibility index (Phi) is 4.74. The van der Waals surface area contributed by atoms with Crippen LogP contribution in [0.4, 0.5) is 4.39 Å². The zero-order chi connectivity index (χ0) is 13.9. The molecule has 20 heavy (non-hydrogen) atoms. The average molecular weight is 341 g/mol. The second-order valence-corrected chi connectivity index (χ2v) is 7.00. The first-order valence-corrected chi connectivity index (χ1v) is 8.39. The Morgan fingerprint density at radius 2 is 1.95 bits per heavy atom. The van der Waals surface area contributed by atoms with E-state index in [2.05, 4.69) is 26.1 Å². The molecule has 1 aromatic carbocycles. The average Bonchev–Trinajstić information content (AvgIpc) is 3.26. The van der Waals surface area contributed by atoms with E-state index in [1.807, 2.05) is 12.1 Å². The number of nitrogens with one attached hydrogen (secondary N) is 1. The van der Waals surface area contributed by atoms with Crippen LogP contribution in [0.2, 0.25) is 0 Å². The topological polar surface area (TPSA) is 15.3 Å². The highest BCUT2D eigenvalue weighted by molar-refractivity contribution is 9.10. The summed E-state index contributed by atoms with van der Waals surface area (Å²) in [6.07, 6.45) is 5.31. The first-order valence-electron chi connectivity index (χ1n) is 7.60. The maximum Gasteiger partial charge on any atom is 0.137 e. The Bertz CT molecular complexity index is 454. The maximum atomic E-state index is 13.2. The Morgan fingerprint density at radius 1 is 1.20 bits per heavy atom. The van der Waals surface area contributed by atoms with Gasteiger partial charge in [-0.15, -0.1) is 0 Å². The molecule has 1 aromatic rings. The molecule has 1 heterocycles. The molecule has 3 rings (SSSR count). The minimum atomic E-state index is -0.182. The molecule has 0 bridgehead atoms. The molecule has 1 N–H and O–H groups in total. The van der Waals surface area contributed by atoms with E-state index in [-0.39, 0.29) is 5.82 Å². The van der Waals surface area contributed by atoms with Gasteiger partial charge in [0.25, 0.3) is 0 Å². The number of likely N-dealkylation sites (tertiary alicyclic amines) is 1. The van der Waals surface area contributed by atoms with Crippen LogP contribution in [0, 0.1) is 11.7 Å². The van der Waals surface area contributed by atoms with Crippen molar-refractivity contribution in [1.82, 2.24) is 10.2 Å². The molecule has 1 aliphatic heterocycles. The lowest BCUT2D eigenvalue weighted by atomic mass is 9.96. The van der Waals surface area contributed by atoms with Crippen LogP contribution in [0.5, 0.6) is 0 Å². The van der Waals surface area contributed by atoms with E-state index in [4.69, 9.17) is 0 Å².